The average Bonchev–Trinajstić information content (AvgIpc) is 2.59. The molecule has 12 heteroatoms. The normalized spacial score (nSPS) is 15.2. The quantitative estimate of drug-likeness (QED) is 0.511. The fourth-order valence-electron chi connectivity index (χ4n) is 3.27. The Bertz CT molecular complexity index is 913. The molecule has 0 amide bonds. The summed E-state index contributed by atoms with van der Waals surface area (Å²) in [5.41, 5.74) is 2.42. The van der Waals surface area contributed by atoms with Crippen molar-refractivity contribution < 1.29 is 29.8 Å². The molecule has 0 bridgehead atoms. The fraction of sp³-hybridized carbons (Fsp3) is 0.250. The van der Waals surface area contributed by atoms with E-state index in [1.54, 1.807) is 12.1 Å². The SMILES string of the molecule is O=[N+]([O-])Oc1cc(O[N+](=O)[O-])cc(C2CCc3cc(O[N+](=O)[O-])ccc3C2)c1. The fourth-order valence-corrected chi connectivity index (χ4v) is 3.27. The molecule has 1 unspecified atom stereocenters. The van der Waals surface area contributed by atoms with Crippen molar-refractivity contribution in [1.82, 2.24) is 0 Å². The highest BCUT2D eigenvalue weighted by molar-refractivity contribution is 5.43. The zero-order valence-corrected chi connectivity index (χ0v) is 14.2. The summed E-state index contributed by atoms with van der Waals surface area (Å²) in [6.45, 7) is 0. The first-order valence-corrected chi connectivity index (χ1v) is 8.04. The van der Waals surface area contributed by atoms with Crippen LogP contribution in [-0.4, -0.2) is 15.3 Å². The molecule has 1 aliphatic rings. The van der Waals surface area contributed by atoms with Gasteiger partial charge in [0.15, 0.2) is 0 Å². The monoisotopic (exact) mass is 391 g/mol. The van der Waals surface area contributed by atoms with Gasteiger partial charge in [0.2, 0.25) is 0 Å². The van der Waals surface area contributed by atoms with Crippen LogP contribution in [0.5, 0.6) is 17.2 Å². The summed E-state index contributed by atoms with van der Waals surface area (Å²) >= 11 is 0. The zero-order valence-electron chi connectivity index (χ0n) is 14.2. The Kier molecular flexibility index (Phi) is 5.20. The van der Waals surface area contributed by atoms with Gasteiger partial charge >= 0.3 is 0 Å². The average molecular weight is 391 g/mol. The molecule has 0 fully saturated rings. The van der Waals surface area contributed by atoms with Crippen LogP contribution in [0, 0.1) is 30.3 Å². The van der Waals surface area contributed by atoms with Gasteiger partial charge in [0.05, 0.1) is 0 Å². The topological polar surface area (TPSA) is 157 Å². The Morgan fingerprint density at radius 1 is 0.750 bits per heavy atom. The van der Waals surface area contributed by atoms with E-state index in [-0.39, 0.29) is 23.2 Å². The highest BCUT2D eigenvalue weighted by Crippen LogP contribution is 2.37. The maximum Gasteiger partial charge on any atom is 0.299 e. The highest BCUT2D eigenvalue weighted by atomic mass is 17.0. The van der Waals surface area contributed by atoms with Crippen LogP contribution in [0.1, 0.15) is 29.0 Å². The first-order valence-electron chi connectivity index (χ1n) is 8.04. The van der Waals surface area contributed by atoms with E-state index in [4.69, 9.17) is 0 Å². The van der Waals surface area contributed by atoms with Gasteiger partial charge < -0.3 is 0 Å². The Morgan fingerprint density at radius 3 is 1.89 bits per heavy atom. The molecule has 0 aliphatic heterocycles. The summed E-state index contributed by atoms with van der Waals surface area (Å²) in [6, 6.07) is 8.74. The molecule has 2 aromatic carbocycles. The molecule has 2 aromatic rings. The summed E-state index contributed by atoms with van der Waals surface area (Å²) in [4.78, 5) is 45.0. The lowest BCUT2D eigenvalue weighted by atomic mass is 9.80. The highest BCUT2D eigenvalue weighted by Gasteiger charge is 2.22. The molecule has 0 N–H and O–H groups in total. The third-order valence-electron chi connectivity index (χ3n) is 4.32. The van der Waals surface area contributed by atoms with Crippen molar-refractivity contribution in [3.8, 4) is 17.2 Å². The van der Waals surface area contributed by atoms with Crippen LogP contribution < -0.4 is 14.5 Å². The summed E-state index contributed by atoms with van der Waals surface area (Å²) in [5, 5.41) is 28.8. The minimum Gasteiger partial charge on any atom is -0.276 e. The Morgan fingerprint density at radius 2 is 1.32 bits per heavy atom. The summed E-state index contributed by atoms with van der Waals surface area (Å²) < 4.78 is 0. The van der Waals surface area contributed by atoms with Gasteiger partial charge in [-0.1, -0.05) is 6.07 Å². The van der Waals surface area contributed by atoms with E-state index in [0.717, 1.165) is 17.2 Å². The van der Waals surface area contributed by atoms with E-state index in [1.807, 2.05) is 0 Å². The third kappa shape index (κ3) is 4.60. The lowest BCUT2D eigenvalue weighted by Crippen LogP contribution is -2.14. The van der Waals surface area contributed by atoms with Gasteiger partial charge in [-0.15, -0.1) is 30.3 Å². The lowest BCUT2D eigenvalue weighted by molar-refractivity contribution is -0.713. The second-order valence-corrected chi connectivity index (χ2v) is 6.05. The van der Waals surface area contributed by atoms with Crippen LogP contribution in [0.15, 0.2) is 36.4 Å². The van der Waals surface area contributed by atoms with Gasteiger partial charge in [0.25, 0.3) is 15.3 Å². The number of aryl methyl sites for hydroxylation is 1. The summed E-state index contributed by atoms with van der Waals surface area (Å²) in [7, 11) is 0. The van der Waals surface area contributed by atoms with Crippen molar-refractivity contribution in [2.75, 3.05) is 0 Å². The van der Waals surface area contributed by atoms with Crippen molar-refractivity contribution in [2.24, 2.45) is 0 Å². The Labute approximate surface area is 156 Å². The summed E-state index contributed by atoms with van der Waals surface area (Å²) in [5.74, 6) is -0.329. The molecule has 0 radical (unpaired) electrons. The van der Waals surface area contributed by atoms with Crippen LogP contribution in [0.3, 0.4) is 0 Å². The van der Waals surface area contributed by atoms with Gasteiger partial charge in [0, 0.05) is 0 Å². The lowest BCUT2D eigenvalue weighted by Gasteiger charge is -2.26. The van der Waals surface area contributed by atoms with E-state index in [0.29, 0.717) is 24.8 Å². The van der Waals surface area contributed by atoms with E-state index in [2.05, 4.69) is 14.5 Å². The van der Waals surface area contributed by atoms with E-state index >= 15 is 0 Å². The molecule has 0 aromatic heterocycles. The van der Waals surface area contributed by atoms with Crippen molar-refractivity contribution >= 4 is 0 Å². The minimum atomic E-state index is -1.01. The molecule has 1 aliphatic carbocycles. The predicted molar refractivity (Wildman–Crippen MR) is 90.5 cm³/mol. The molecule has 12 nitrogen and oxygen atoms in total. The number of rotatable bonds is 7. The van der Waals surface area contributed by atoms with Gasteiger partial charge in [-0.05, 0) is 72.2 Å². The summed E-state index contributed by atoms with van der Waals surface area (Å²) in [6.07, 6.45) is 1.74. The van der Waals surface area contributed by atoms with Gasteiger partial charge in [-0.3, -0.25) is 14.5 Å². The molecule has 146 valence electrons. The second kappa shape index (κ2) is 7.73. The van der Waals surface area contributed by atoms with Crippen molar-refractivity contribution in [2.45, 2.75) is 25.2 Å². The predicted octanol–water partition coefficient (Wildman–Crippen LogP) is 2.67. The standard InChI is InChI=1S/C16H13N3O9/c20-17(21)26-14-4-3-10-5-11(1-2-12(10)6-14)13-7-15(27-18(22)23)9-16(8-13)28-19(24)25/h3-4,6-9,11H,1-2,5H2. The van der Waals surface area contributed by atoms with Gasteiger partial charge in [-0.2, -0.15) is 0 Å². The number of benzene rings is 2. The Balaban J connectivity index is 1.86. The van der Waals surface area contributed by atoms with Crippen LogP contribution in [-0.2, 0) is 12.8 Å². The Hall–Kier alpha value is -3.96. The number of hydrogen-bond acceptors (Lipinski definition) is 9. The van der Waals surface area contributed by atoms with E-state index < -0.39 is 15.3 Å². The molecule has 0 spiro atoms. The van der Waals surface area contributed by atoms with Crippen molar-refractivity contribution in [1.29, 1.82) is 0 Å². The van der Waals surface area contributed by atoms with E-state index in [9.17, 15) is 30.3 Å². The molecule has 28 heavy (non-hydrogen) atoms. The molecular formula is C16H13N3O9. The maximum absolute atomic E-state index is 10.6. The van der Waals surface area contributed by atoms with Crippen LogP contribution in [0.2, 0.25) is 0 Å². The molecule has 3 rings (SSSR count). The second-order valence-electron chi connectivity index (χ2n) is 6.05. The maximum atomic E-state index is 10.6. The first kappa shape index (κ1) is 18.8. The molecular weight excluding hydrogens is 378 g/mol. The number of fused-ring (bicyclic) bond motifs is 1. The number of nitrogens with zero attached hydrogens (tertiary/aromatic N) is 3. The third-order valence-corrected chi connectivity index (χ3v) is 4.32. The zero-order chi connectivity index (χ0) is 20.3. The van der Waals surface area contributed by atoms with Gasteiger partial charge in [-0.25, -0.2) is 0 Å². The number of hydrogen-bond donors (Lipinski definition) is 0. The molecule has 0 saturated carbocycles. The van der Waals surface area contributed by atoms with Crippen molar-refractivity contribution in [3.05, 3.63) is 83.4 Å². The van der Waals surface area contributed by atoms with Crippen LogP contribution >= 0.6 is 0 Å². The van der Waals surface area contributed by atoms with Crippen LogP contribution in [0.25, 0.3) is 0 Å². The van der Waals surface area contributed by atoms with Gasteiger partial charge in [0.1, 0.15) is 17.2 Å². The first-order chi connectivity index (χ1) is 13.3. The van der Waals surface area contributed by atoms with Crippen LogP contribution in [0.4, 0.5) is 0 Å². The molecule has 0 saturated heterocycles. The smallest absolute Gasteiger partial charge is 0.276 e. The van der Waals surface area contributed by atoms with E-state index in [1.165, 1.54) is 18.2 Å². The largest absolute Gasteiger partial charge is 0.299 e. The minimum absolute atomic E-state index is 0.0980. The van der Waals surface area contributed by atoms with Crippen molar-refractivity contribution in [3.63, 3.8) is 0 Å². The molecule has 0 heterocycles. The molecule has 1 atom stereocenters.